The quantitative estimate of drug-likeness (QED) is 0.633. The first-order valence-corrected chi connectivity index (χ1v) is 9.70. The van der Waals surface area contributed by atoms with E-state index in [1.54, 1.807) is 13.0 Å². The second-order valence-electron chi connectivity index (χ2n) is 6.47. The number of carbonyl (C=O) groups is 2. The molecule has 0 bridgehead atoms. The minimum absolute atomic E-state index is 0.120. The Kier molecular flexibility index (Phi) is 5.89. The molecule has 0 saturated heterocycles. The fraction of sp³-hybridized carbons (Fsp3) is 0.368. The van der Waals surface area contributed by atoms with E-state index in [4.69, 9.17) is 0 Å². The molecule has 0 amide bonds. The van der Waals surface area contributed by atoms with Gasteiger partial charge in [0, 0.05) is 5.75 Å². The van der Waals surface area contributed by atoms with Crippen LogP contribution in [-0.4, -0.2) is 22.2 Å². The summed E-state index contributed by atoms with van der Waals surface area (Å²) in [6, 6.07) is 1.64. The van der Waals surface area contributed by atoms with Crippen LogP contribution in [0.1, 0.15) is 57.7 Å². The minimum Gasteiger partial charge on any atom is -0.478 e. The Balaban J connectivity index is 2.59. The lowest BCUT2D eigenvalue weighted by atomic mass is 9.89. The van der Waals surface area contributed by atoms with Gasteiger partial charge < -0.3 is 10.2 Å². The summed E-state index contributed by atoms with van der Waals surface area (Å²) in [5.41, 5.74) is 2.30. The van der Waals surface area contributed by atoms with Crippen molar-refractivity contribution in [3.05, 3.63) is 56.9 Å². The summed E-state index contributed by atoms with van der Waals surface area (Å²) in [6.45, 7) is 6.00. The average molecular weight is 348 g/mol. The molecule has 1 heterocycles. The SMILES string of the molecule is Cc1cc(C(=O)O)c(C[SH]2C=CC=C2)c(C(=O)O)c1CCC(C)C. The smallest absolute Gasteiger partial charge is 0.336 e. The van der Waals surface area contributed by atoms with Gasteiger partial charge in [-0.3, -0.25) is 0 Å². The molecule has 1 aliphatic heterocycles. The molecule has 0 aromatic heterocycles. The van der Waals surface area contributed by atoms with Gasteiger partial charge in [0.05, 0.1) is 11.1 Å². The molecule has 1 aromatic carbocycles. The van der Waals surface area contributed by atoms with E-state index in [0.717, 1.165) is 17.5 Å². The largest absolute Gasteiger partial charge is 0.478 e. The summed E-state index contributed by atoms with van der Waals surface area (Å²) in [4.78, 5) is 23.6. The van der Waals surface area contributed by atoms with Crippen molar-refractivity contribution in [3.63, 3.8) is 0 Å². The molecule has 0 fully saturated rings. The van der Waals surface area contributed by atoms with Crippen LogP contribution in [0.25, 0.3) is 0 Å². The number of thiol groups is 1. The predicted octanol–water partition coefficient (Wildman–Crippen LogP) is 4.52. The lowest BCUT2D eigenvalue weighted by Gasteiger charge is -2.20. The van der Waals surface area contributed by atoms with E-state index in [1.807, 2.05) is 23.0 Å². The Hall–Kier alpha value is -2.01. The lowest BCUT2D eigenvalue weighted by molar-refractivity contribution is 0.0694. The third kappa shape index (κ3) is 4.09. The van der Waals surface area contributed by atoms with Crippen molar-refractivity contribution in [1.82, 2.24) is 0 Å². The van der Waals surface area contributed by atoms with Crippen LogP contribution in [-0.2, 0) is 12.2 Å². The zero-order valence-electron chi connectivity index (χ0n) is 14.2. The molecular formula is C19H24O4S. The first-order chi connectivity index (χ1) is 11.3. The van der Waals surface area contributed by atoms with E-state index in [2.05, 4.69) is 13.8 Å². The van der Waals surface area contributed by atoms with Gasteiger partial charge in [0.2, 0.25) is 0 Å². The molecule has 130 valence electrons. The average Bonchev–Trinajstić information content (AvgIpc) is 2.99. The minimum atomic E-state index is -1.06. The summed E-state index contributed by atoms with van der Waals surface area (Å²) < 4.78 is 0. The van der Waals surface area contributed by atoms with Crippen LogP contribution in [0.3, 0.4) is 0 Å². The number of rotatable bonds is 7. The molecule has 1 aromatic rings. The number of aryl methyl sites for hydroxylation is 1. The molecule has 0 saturated carbocycles. The van der Waals surface area contributed by atoms with E-state index in [0.29, 0.717) is 23.7 Å². The maximum atomic E-state index is 12.0. The zero-order chi connectivity index (χ0) is 17.9. The number of allylic oxidation sites excluding steroid dienone is 2. The molecule has 0 unspecified atom stereocenters. The molecule has 1 aliphatic rings. The summed E-state index contributed by atoms with van der Waals surface area (Å²) in [7, 11) is -0.635. The van der Waals surface area contributed by atoms with Crippen molar-refractivity contribution >= 4 is 22.8 Å². The van der Waals surface area contributed by atoms with E-state index < -0.39 is 22.8 Å². The van der Waals surface area contributed by atoms with E-state index in [9.17, 15) is 19.8 Å². The molecule has 4 nitrogen and oxygen atoms in total. The first kappa shape index (κ1) is 18.3. The van der Waals surface area contributed by atoms with Crippen LogP contribution in [0, 0.1) is 12.8 Å². The molecule has 24 heavy (non-hydrogen) atoms. The Morgan fingerprint density at radius 1 is 1.08 bits per heavy atom. The number of carboxylic acid groups (broad SMARTS) is 2. The summed E-state index contributed by atoms with van der Waals surface area (Å²) in [5.74, 6) is -1.18. The van der Waals surface area contributed by atoms with Crippen LogP contribution in [0.4, 0.5) is 0 Å². The monoisotopic (exact) mass is 348 g/mol. The molecule has 0 aliphatic carbocycles. The topological polar surface area (TPSA) is 74.6 Å². The molecule has 0 radical (unpaired) electrons. The van der Waals surface area contributed by atoms with Gasteiger partial charge >= 0.3 is 11.9 Å². The molecule has 5 heteroatoms. The Morgan fingerprint density at radius 3 is 2.21 bits per heavy atom. The van der Waals surface area contributed by atoms with Crippen molar-refractivity contribution in [3.8, 4) is 0 Å². The number of benzene rings is 1. The third-order valence-corrected chi connectivity index (χ3v) is 5.98. The number of aromatic carboxylic acids is 2. The van der Waals surface area contributed by atoms with E-state index in [1.165, 1.54) is 0 Å². The van der Waals surface area contributed by atoms with Crippen LogP contribution >= 0.6 is 10.9 Å². The van der Waals surface area contributed by atoms with Crippen LogP contribution < -0.4 is 0 Å². The van der Waals surface area contributed by atoms with Crippen molar-refractivity contribution in [1.29, 1.82) is 0 Å². The predicted molar refractivity (Wildman–Crippen MR) is 99.2 cm³/mol. The van der Waals surface area contributed by atoms with Crippen LogP contribution in [0.5, 0.6) is 0 Å². The number of carboxylic acids is 2. The Bertz CT molecular complexity index is 705. The van der Waals surface area contributed by atoms with Gasteiger partial charge in [-0.05, 0) is 59.3 Å². The maximum Gasteiger partial charge on any atom is 0.336 e. The normalized spacial score (nSPS) is 14.6. The highest BCUT2D eigenvalue weighted by atomic mass is 32.2. The van der Waals surface area contributed by atoms with E-state index >= 15 is 0 Å². The molecule has 2 rings (SSSR count). The van der Waals surface area contributed by atoms with Gasteiger partial charge in [-0.25, -0.2) is 20.5 Å². The van der Waals surface area contributed by atoms with Gasteiger partial charge in [0.25, 0.3) is 0 Å². The zero-order valence-corrected chi connectivity index (χ0v) is 15.1. The Labute approximate surface area is 145 Å². The summed E-state index contributed by atoms with van der Waals surface area (Å²) in [6.07, 6.45) is 5.39. The van der Waals surface area contributed by atoms with Crippen molar-refractivity contribution in [2.24, 2.45) is 5.92 Å². The fourth-order valence-corrected chi connectivity index (χ4v) is 4.58. The maximum absolute atomic E-state index is 12.0. The van der Waals surface area contributed by atoms with Gasteiger partial charge in [0.1, 0.15) is 0 Å². The number of hydrogen-bond acceptors (Lipinski definition) is 2. The number of hydrogen-bond donors (Lipinski definition) is 3. The standard InChI is InChI=1S/C19H24O4S/c1-12(2)6-7-14-13(3)10-15(18(20)21)16(17(14)19(22)23)11-24-8-4-5-9-24/h4-5,8-10,12,24H,6-7,11H2,1-3H3,(H,20,21)(H,22,23). The fourth-order valence-electron chi connectivity index (χ4n) is 2.93. The highest BCUT2D eigenvalue weighted by molar-refractivity contribution is 8.21. The van der Waals surface area contributed by atoms with Gasteiger partial charge in [-0.15, -0.1) is 0 Å². The van der Waals surface area contributed by atoms with Crippen molar-refractivity contribution in [2.45, 2.75) is 39.4 Å². The molecule has 0 atom stereocenters. The van der Waals surface area contributed by atoms with Crippen LogP contribution in [0.15, 0.2) is 29.0 Å². The van der Waals surface area contributed by atoms with Crippen LogP contribution in [0.2, 0.25) is 0 Å². The highest BCUT2D eigenvalue weighted by Gasteiger charge is 2.25. The summed E-state index contributed by atoms with van der Waals surface area (Å²) in [5, 5.41) is 23.4. The van der Waals surface area contributed by atoms with E-state index in [-0.39, 0.29) is 11.1 Å². The molecular weight excluding hydrogens is 324 g/mol. The lowest BCUT2D eigenvalue weighted by Crippen LogP contribution is -2.15. The second-order valence-corrected chi connectivity index (χ2v) is 8.41. The summed E-state index contributed by atoms with van der Waals surface area (Å²) >= 11 is 0. The molecule has 2 N–H and O–H groups in total. The highest BCUT2D eigenvalue weighted by Crippen LogP contribution is 2.40. The van der Waals surface area contributed by atoms with Gasteiger partial charge in [-0.1, -0.05) is 26.0 Å². The Morgan fingerprint density at radius 2 is 1.71 bits per heavy atom. The van der Waals surface area contributed by atoms with Crippen molar-refractivity contribution in [2.75, 3.05) is 0 Å². The van der Waals surface area contributed by atoms with Gasteiger partial charge in [0.15, 0.2) is 0 Å². The van der Waals surface area contributed by atoms with Gasteiger partial charge in [-0.2, -0.15) is 0 Å². The first-order valence-electron chi connectivity index (χ1n) is 8.04. The molecule has 0 spiro atoms. The second kappa shape index (κ2) is 7.71. The third-order valence-electron chi connectivity index (χ3n) is 4.19. The van der Waals surface area contributed by atoms with Crippen molar-refractivity contribution < 1.29 is 19.8 Å².